The Kier molecular flexibility index (Phi) is 2.64. The molecule has 2 nitrogen and oxygen atoms in total. The minimum atomic E-state index is 0.824. The molecule has 4 rings (SSSR count). The molecule has 0 amide bonds. The maximum atomic E-state index is 5.93. The molecule has 0 aliphatic rings. The van der Waals surface area contributed by atoms with Gasteiger partial charge in [-0.2, -0.15) is 0 Å². The van der Waals surface area contributed by atoms with Crippen LogP contribution >= 0.6 is 11.3 Å². The van der Waals surface area contributed by atoms with Gasteiger partial charge in [-0.1, -0.05) is 42.5 Å². The van der Waals surface area contributed by atoms with Crippen molar-refractivity contribution in [2.24, 2.45) is 0 Å². The van der Waals surface area contributed by atoms with E-state index in [1.54, 1.807) is 11.3 Å². The zero-order valence-electron chi connectivity index (χ0n) is 10.6. The summed E-state index contributed by atoms with van der Waals surface area (Å²) in [6.45, 7) is 0. The molecular weight excluding hydrogens is 266 g/mol. The lowest BCUT2D eigenvalue weighted by molar-refractivity contribution is 0.597. The first-order valence-corrected chi connectivity index (χ1v) is 7.23. The van der Waals surface area contributed by atoms with Gasteiger partial charge in [0, 0.05) is 5.56 Å². The Morgan fingerprint density at radius 1 is 0.750 bits per heavy atom. The maximum Gasteiger partial charge on any atom is 0.163 e. The van der Waals surface area contributed by atoms with Gasteiger partial charge < -0.3 is 4.42 Å². The summed E-state index contributed by atoms with van der Waals surface area (Å²) >= 11 is 1.65. The second-order valence-corrected chi connectivity index (χ2v) is 5.55. The van der Waals surface area contributed by atoms with Crippen LogP contribution in [-0.2, 0) is 0 Å². The third-order valence-electron chi connectivity index (χ3n) is 3.17. The zero-order chi connectivity index (χ0) is 13.4. The number of benzene rings is 2. The summed E-state index contributed by atoms with van der Waals surface area (Å²) < 4.78 is 7.11. The highest BCUT2D eigenvalue weighted by Crippen LogP contribution is 2.33. The molecule has 2 heterocycles. The van der Waals surface area contributed by atoms with Gasteiger partial charge in [0.2, 0.25) is 0 Å². The quantitative estimate of drug-likeness (QED) is 0.502. The van der Waals surface area contributed by atoms with E-state index in [9.17, 15) is 0 Å². The van der Waals surface area contributed by atoms with Gasteiger partial charge in [0.1, 0.15) is 5.76 Å². The number of furan rings is 1. The molecule has 2 aromatic heterocycles. The molecule has 0 aliphatic carbocycles. The first kappa shape index (κ1) is 11.4. The van der Waals surface area contributed by atoms with E-state index in [4.69, 9.17) is 4.42 Å². The van der Waals surface area contributed by atoms with Gasteiger partial charge in [0.25, 0.3) is 0 Å². The van der Waals surface area contributed by atoms with Crippen LogP contribution in [0, 0.1) is 0 Å². The largest absolute Gasteiger partial charge is 0.454 e. The number of para-hydroxylation sites is 1. The minimum absolute atomic E-state index is 0.824. The third kappa shape index (κ3) is 1.92. The number of aromatic nitrogens is 1. The van der Waals surface area contributed by atoms with E-state index in [2.05, 4.69) is 11.1 Å². The van der Waals surface area contributed by atoms with Gasteiger partial charge in [0.15, 0.2) is 10.8 Å². The standard InChI is InChI=1S/C17H11NOS/c1-2-6-12(7-3-1)14-10-11-15(19-14)17-18-13-8-4-5-9-16(13)20-17/h1-11H. The first-order valence-electron chi connectivity index (χ1n) is 6.41. The molecule has 3 heteroatoms. The lowest BCUT2D eigenvalue weighted by Crippen LogP contribution is -1.72. The number of nitrogens with zero attached hydrogens (tertiary/aromatic N) is 1. The fraction of sp³-hybridized carbons (Fsp3) is 0. The van der Waals surface area contributed by atoms with Crippen LogP contribution in [0.2, 0.25) is 0 Å². The van der Waals surface area contributed by atoms with E-state index in [0.717, 1.165) is 27.6 Å². The van der Waals surface area contributed by atoms with Crippen molar-refractivity contribution in [2.45, 2.75) is 0 Å². The summed E-state index contributed by atoms with van der Waals surface area (Å²) in [4.78, 5) is 4.61. The van der Waals surface area contributed by atoms with Crippen molar-refractivity contribution in [3.05, 3.63) is 66.7 Å². The normalized spacial score (nSPS) is 11.0. The number of hydrogen-bond donors (Lipinski definition) is 0. The van der Waals surface area contributed by atoms with Crippen LogP contribution < -0.4 is 0 Å². The highest BCUT2D eigenvalue weighted by Gasteiger charge is 2.11. The molecule has 0 saturated heterocycles. The highest BCUT2D eigenvalue weighted by molar-refractivity contribution is 7.21. The predicted octanol–water partition coefficient (Wildman–Crippen LogP) is 5.22. The Morgan fingerprint density at radius 3 is 2.35 bits per heavy atom. The van der Waals surface area contributed by atoms with Gasteiger partial charge in [-0.05, 0) is 24.3 Å². The maximum absolute atomic E-state index is 5.93. The molecule has 0 bridgehead atoms. The summed E-state index contributed by atoms with van der Waals surface area (Å²) in [5.74, 6) is 1.70. The van der Waals surface area contributed by atoms with Crippen LogP contribution in [0.5, 0.6) is 0 Å². The molecule has 0 aliphatic heterocycles. The molecule has 4 aromatic rings. The number of fused-ring (bicyclic) bond motifs is 1. The van der Waals surface area contributed by atoms with E-state index < -0.39 is 0 Å². The van der Waals surface area contributed by atoms with Crippen LogP contribution in [0.4, 0.5) is 0 Å². The van der Waals surface area contributed by atoms with Crippen LogP contribution in [0.3, 0.4) is 0 Å². The average Bonchev–Trinajstić information content (AvgIpc) is 3.14. The van der Waals surface area contributed by atoms with Crippen molar-refractivity contribution < 1.29 is 4.42 Å². The Hall–Kier alpha value is -2.39. The molecule has 0 atom stereocenters. The van der Waals surface area contributed by atoms with Crippen LogP contribution in [-0.4, -0.2) is 4.98 Å². The summed E-state index contributed by atoms with van der Waals surface area (Å²) in [5, 5.41) is 0.924. The summed E-state index contributed by atoms with van der Waals surface area (Å²) in [6.07, 6.45) is 0. The van der Waals surface area contributed by atoms with Gasteiger partial charge in [-0.25, -0.2) is 4.98 Å². The number of thiazole rings is 1. The van der Waals surface area contributed by atoms with Gasteiger partial charge in [-0.15, -0.1) is 11.3 Å². The molecule has 2 aromatic carbocycles. The molecule has 20 heavy (non-hydrogen) atoms. The summed E-state index contributed by atoms with van der Waals surface area (Å²) in [7, 11) is 0. The zero-order valence-corrected chi connectivity index (χ0v) is 11.4. The number of rotatable bonds is 2. The summed E-state index contributed by atoms with van der Waals surface area (Å²) in [6, 6.07) is 22.2. The lowest BCUT2D eigenvalue weighted by atomic mass is 10.2. The monoisotopic (exact) mass is 277 g/mol. The van der Waals surface area contributed by atoms with E-state index in [1.807, 2.05) is 60.7 Å². The van der Waals surface area contributed by atoms with Crippen molar-refractivity contribution in [1.29, 1.82) is 0 Å². The predicted molar refractivity (Wildman–Crippen MR) is 82.8 cm³/mol. The van der Waals surface area contributed by atoms with Crippen LogP contribution in [0.25, 0.3) is 32.3 Å². The highest BCUT2D eigenvalue weighted by atomic mass is 32.1. The molecule has 0 fully saturated rings. The average molecular weight is 277 g/mol. The first-order chi connectivity index (χ1) is 9.90. The van der Waals surface area contributed by atoms with Crippen LogP contribution in [0.1, 0.15) is 0 Å². The third-order valence-corrected chi connectivity index (χ3v) is 4.22. The van der Waals surface area contributed by atoms with Crippen molar-refractivity contribution in [3.63, 3.8) is 0 Å². The fourth-order valence-corrected chi connectivity index (χ4v) is 3.12. The Balaban J connectivity index is 1.78. The van der Waals surface area contributed by atoms with Crippen LogP contribution in [0.15, 0.2) is 71.1 Å². The topological polar surface area (TPSA) is 26.0 Å². The molecule has 0 unspecified atom stereocenters. The van der Waals surface area contributed by atoms with E-state index in [0.29, 0.717) is 0 Å². The molecule has 0 N–H and O–H groups in total. The van der Waals surface area contributed by atoms with Crippen molar-refractivity contribution >= 4 is 21.6 Å². The number of hydrogen-bond acceptors (Lipinski definition) is 3. The molecule has 0 radical (unpaired) electrons. The van der Waals surface area contributed by atoms with E-state index >= 15 is 0 Å². The summed E-state index contributed by atoms with van der Waals surface area (Å²) in [5.41, 5.74) is 2.10. The fourth-order valence-electron chi connectivity index (χ4n) is 2.19. The van der Waals surface area contributed by atoms with Gasteiger partial charge >= 0.3 is 0 Å². The van der Waals surface area contributed by atoms with E-state index in [-0.39, 0.29) is 0 Å². The van der Waals surface area contributed by atoms with Gasteiger partial charge in [-0.3, -0.25) is 0 Å². The Labute approximate surface area is 120 Å². The second kappa shape index (κ2) is 4.62. The smallest absolute Gasteiger partial charge is 0.163 e. The molecule has 0 spiro atoms. The SMILES string of the molecule is c1ccc(-c2ccc(-c3nc4ccccc4s3)o2)cc1. The lowest BCUT2D eigenvalue weighted by Gasteiger charge is -1.95. The minimum Gasteiger partial charge on any atom is -0.454 e. The molecular formula is C17H11NOS. The van der Waals surface area contributed by atoms with Crippen molar-refractivity contribution in [2.75, 3.05) is 0 Å². The molecule has 0 saturated carbocycles. The second-order valence-electron chi connectivity index (χ2n) is 4.52. The van der Waals surface area contributed by atoms with Gasteiger partial charge in [0.05, 0.1) is 10.2 Å². The van der Waals surface area contributed by atoms with Crippen molar-refractivity contribution in [3.8, 4) is 22.1 Å². The Morgan fingerprint density at radius 2 is 1.50 bits per heavy atom. The Bertz CT molecular complexity index is 828. The van der Waals surface area contributed by atoms with Crippen molar-refractivity contribution in [1.82, 2.24) is 4.98 Å². The van der Waals surface area contributed by atoms with E-state index in [1.165, 1.54) is 4.70 Å². The molecule has 96 valence electrons.